The fraction of sp³-hybridized carbons (Fsp3) is 0.0769. The first-order chi connectivity index (χ1) is 9.42. The van der Waals surface area contributed by atoms with E-state index < -0.39 is 15.8 Å². The molecule has 0 radical (unpaired) electrons. The summed E-state index contributed by atoms with van der Waals surface area (Å²) in [5.41, 5.74) is 6.37. The minimum absolute atomic E-state index is 0.0172. The zero-order valence-corrected chi connectivity index (χ0v) is 11.4. The van der Waals surface area contributed by atoms with Crippen LogP contribution in [0, 0.1) is 5.82 Å². The zero-order chi connectivity index (χ0) is 14.8. The summed E-state index contributed by atoms with van der Waals surface area (Å²) in [5.74, 6) is -0.760. The summed E-state index contributed by atoms with van der Waals surface area (Å²) >= 11 is 0. The van der Waals surface area contributed by atoms with E-state index in [1.54, 1.807) is 12.1 Å². The van der Waals surface area contributed by atoms with Crippen molar-refractivity contribution in [1.29, 1.82) is 0 Å². The number of sulfonamides is 1. The monoisotopic (exact) mass is 296 g/mol. The van der Waals surface area contributed by atoms with Crippen LogP contribution in [0.5, 0.6) is 5.75 Å². The number of hydrogen-bond acceptors (Lipinski definition) is 4. The molecular weight excluding hydrogens is 283 g/mol. The molecule has 0 saturated carbocycles. The van der Waals surface area contributed by atoms with Crippen molar-refractivity contribution in [3.05, 3.63) is 48.3 Å². The Balaban J connectivity index is 2.30. The molecule has 3 N–H and O–H groups in total. The van der Waals surface area contributed by atoms with Crippen molar-refractivity contribution in [3.63, 3.8) is 0 Å². The van der Waals surface area contributed by atoms with Gasteiger partial charge in [-0.05, 0) is 42.5 Å². The maximum Gasteiger partial charge on any atom is 0.262 e. The number of ether oxygens (including phenoxy) is 1. The molecule has 2 aromatic carbocycles. The number of nitrogens with one attached hydrogen (secondary N) is 1. The van der Waals surface area contributed by atoms with Gasteiger partial charge >= 0.3 is 0 Å². The van der Waals surface area contributed by atoms with E-state index in [9.17, 15) is 12.8 Å². The molecule has 0 fully saturated rings. The largest absolute Gasteiger partial charge is 0.494 e. The van der Waals surface area contributed by atoms with Crippen molar-refractivity contribution in [1.82, 2.24) is 0 Å². The predicted molar refractivity (Wildman–Crippen MR) is 74.6 cm³/mol. The predicted octanol–water partition coefficient (Wildman–Crippen LogP) is 2.22. The van der Waals surface area contributed by atoms with Gasteiger partial charge in [0.2, 0.25) is 0 Å². The second kappa shape index (κ2) is 5.38. The summed E-state index contributed by atoms with van der Waals surface area (Å²) in [4.78, 5) is -0.187. The highest BCUT2D eigenvalue weighted by atomic mass is 32.2. The minimum atomic E-state index is -3.86. The number of nitrogen functional groups attached to an aromatic ring is 1. The Hall–Kier alpha value is -2.28. The van der Waals surface area contributed by atoms with Gasteiger partial charge in [-0.1, -0.05) is 0 Å². The van der Waals surface area contributed by atoms with Gasteiger partial charge in [0.1, 0.15) is 0 Å². The van der Waals surface area contributed by atoms with Gasteiger partial charge in [-0.3, -0.25) is 4.72 Å². The first-order valence-corrected chi connectivity index (χ1v) is 7.12. The van der Waals surface area contributed by atoms with Crippen molar-refractivity contribution < 1.29 is 17.5 Å². The molecule has 0 heterocycles. The Morgan fingerprint density at radius 1 is 1.15 bits per heavy atom. The summed E-state index contributed by atoms with van der Waals surface area (Å²) in [6, 6.07) is 9.59. The molecule has 0 atom stereocenters. The van der Waals surface area contributed by atoms with Crippen LogP contribution in [0.1, 0.15) is 0 Å². The van der Waals surface area contributed by atoms with Gasteiger partial charge in [0.25, 0.3) is 10.0 Å². The zero-order valence-electron chi connectivity index (χ0n) is 10.6. The lowest BCUT2D eigenvalue weighted by Gasteiger charge is -2.09. The SMILES string of the molecule is COc1ccc(S(=O)(=O)Nc2ccc(N)cc2)cc1F. The summed E-state index contributed by atoms with van der Waals surface area (Å²) < 4.78 is 44.8. The van der Waals surface area contributed by atoms with Gasteiger partial charge < -0.3 is 10.5 Å². The summed E-state index contributed by atoms with van der Waals surface area (Å²) in [7, 11) is -2.56. The Bertz CT molecular complexity index is 715. The second-order valence-corrected chi connectivity index (χ2v) is 5.71. The van der Waals surface area contributed by atoms with E-state index in [-0.39, 0.29) is 10.6 Å². The second-order valence-electron chi connectivity index (χ2n) is 4.02. The van der Waals surface area contributed by atoms with Gasteiger partial charge in [0.05, 0.1) is 12.0 Å². The van der Waals surface area contributed by atoms with E-state index in [0.29, 0.717) is 11.4 Å². The Kier molecular flexibility index (Phi) is 3.80. The normalized spacial score (nSPS) is 11.1. The highest BCUT2D eigenvalue weighted by molar-refractivity contribution is 7.92. The third kappa shape index (κ3) is 3.00. The van der Waals surface area contributed by atoms with Crippen LogP contribution in [0.4, 0.5) is 15.8 Å². The summed E-state index contributed by atoms with van der Waals surface area (Å²) in [6.07, 6.45) is 0. The molecule has 0 saturated heterocycles. The van der Waals surface area contributed by atoms with Crippen molar-refractivity contribution >= 4 is 21.4 Å². The molecule has 0 aromatic heterocycles. The Labute approximate surface area is 116 Å². The molecule has 20 heavy (non-hydrogen) atoms. The number of rotatable bonds is 4. The molecular formula is C13H13FN2O3S. The van der Waals surface area contributed by atoms with Crippen molar-refractivity contribution in [3.8, 4) is 5.75 Å². The molecule has 0 unspecified atom stereocenters. The summed E-state index contributed by atoms with van der Waals surface area (Å²) in [5, 5.41) is 0. The number of hydrogen-bond donors (Lipinski definition) is 2. The fourth-order valence-corrected chi connectivity index (χ4v) is 2.65. The molecule has 0 aliphatic rings. The average Bonchev–Trinajstić information content (AvgIpc) is 2.41. The highest BCUT2D eigenvalue weighted by Crippen LogP contribution is 2.22. The number of anilines is 2. The van der Waals surface area contributed by atoms with Crippen LogP contribution in [-0.2, 0) is 10.0 Å². The van der Waals surface area contributed by atoms with Crippen molar-refractivity contribution in [2.75, 3.05) is 17.6 Å². The van der Waals surface area contributed by atoms with Crippen LogP contribution in [0.2, 0.25) is 0 Å². The van der Waals surface area contributed by atoms with E-state index in [2.05, 4.69) is 4.72 Å². The van der Waals surface area contributed by atoms with E-state index >= 15 is 0 Å². The van der Waals surface area contributed by atoms with Crippen molar-refractivity contribution in [2.24, 2.45) is 0 Å². The minimum Gasteiger partial charge on any atom is -0.494 e. The van der Waals surface area contributed by atoms with Crippen LogP contribution in [0.25, 0.3) is 0 Å². The number of benzene rings is 2. The summed E-state index contributed by atoms with van der Waals surface area (Å²) in [6.45, 7) is 0. The maximum absolute atomic E-state index is 13.5. The average molecular weight is 296 g/mol. The van der Waals surface area contributed by atoms with Gasteiger partial charge in [0.15, 0.2) is 11.6 Å². The standard InChI is InChI=1S/C13H13FN2O3S/c1-19-13-7-6-11(8-12(13)14)20(17,18)16-10-4-2-9(15)3-5-10/h2-8,16H,15H2,1H3. The molecule has 0 spiro atoms. The van der Waals surface area contributed by atoms with E-state index in [1.807, 2.05) is 0 Å². The lowest BCUT2D eigenvalue weighted by molar-refractivity contribution is 0.385. The molecule has 0 aliphatic heterocycles. The molecule has 2 aromatic rings. The molecule has 5 nitrogen and oxygen atoms in total. The first kappa shape index (κ1) is 14.1. The number of methoxy groups -OCH3 is 1. The van der Waals surface area contributed by atoms with Gasteiger partial charge in [-0.15, -0.1) is 0 Å². The van der Waals surface area contributed by atoms with Crippen LogP contribution in [0.3, 0.4) is 0 Å². The van der Waals surface area contributed by atoms with Crippen molar-refractivity contribution in [2.45, 2.75) is 4.90 Å². The first-order valence-electron chi connectivity index (χ1n) is 5.64. The third-order valence-electron chi connectivity index (χ3n) is 2.60. The van der Waals surface area contributed by atoms with Gasteiger partial charge in [0, 0.05) is 11.4 Å². The molecule has 106 valence electrons. The lowest BCUT2D eigenvalue weighted by atomic mass is 10.3. The lowest BCUT2D eigenvalue weighted by Crippen LogP contribution is -2.13. The fourth-order valence-electron chi connectivity index (χ4n) is 1.58. The number of nitrogens with two attached hydrogens (primary N) is 1. The molecule has 2 rings (SSSR count). The smallest absolute Gasteiger partial charge is 0.262 e. The van der Waals surface area contributed by atoms with Crippen LogP contribution < -0.4 is 15.2 Å². The van der Waals surface area contributed by atoms with Gasteiger partial charge in [-0.2, -0.15) is 0 Å². The highest BCUT2D eigenvalue weighted by Gasteiger charge is 2.16. The van der Waals surface area contributed by atoms with E-state index in [4.69, 9.17) is 10.5 Å². The third-order valence-corrected chi connectivity index (χ3v) is 3.98. The van der Waals surface area contributed by atoms with Crippen LogP contribution >= 0.6 is 0 Å². The Morgan fingerprint density at radius 2 is 1.80 bits per heavy atom. The molecule has 0 bridgehead atoms. The van der Waals surface area contributed by atoms with Gasteiger partial charge in [-0.25, -0.2) is 12.8 Å². The van der Waals surface area contributed by atoms with E-state index in [1.165, 1.54) is 31.4 Å². The molecule has 7 heteroatoms. The molecule has 0 amide bonds. The molecule has 0 aliphatic carbocycles. The van der Waals surface area contributed by atoms with Crippen LogP contribution in [-0.4, -0.2) is 15.5 Å². The number of halogens is 1. The quantitative estimate of drug-likeness (QED) is 0.848. The van der Waals surface area contributed by atoms with E-state index in [0.717, 1.165) is 6.07 Å². The topological polar surface area (TPSA) is 81.4 Å². The Morgan fingerprint density at radius 3 is 2.35 bits per heavy atom. The maximum atomic E-state index is 13.5. The van der Waals surface area contributed by atoms with Crippen LogP contribution in [0.15, 0.2) is 47.4 Å².